The normalized spacial score (nSPS) is 11.2. The van der Waals surface area contributed by atoms with Crippen LogP contribution in [0.5, 0.6) is 0 Å². The molecule has 1 heterocycles. The van der Waals surface area contributed by atoms with Crippen LogP contribution >= 0.6 is 0 Å². The summed E-state index contributed by atoms with van der Waals surface area (Å²) in [5.74, 6) is 1.05. The lowest BCUT2D eigenvalue weighted by molar-refractivity contribution is 0.281. The van der Waals surface area contributed by atoms with Gasteiger partial charge in [-0.25, -0.2) is 4.98 Å². The number of rotatable bonds is 8. The van der Waals surface area contributed by atoms with Gasteiger partial charge in [-0.1, -0.05) is 39.0 Å². The molecule has 0 spiro atoms. The van der Waals surface area contributed by atoms with Crippen molar-refractivity contribution in [3.63, 3.8) is 0 Å². The summed E-state index contributed by atoms with van der Waals surface area (Å²) < 4.78 is 0. The van der Waals surface area contributed by atoms with Crippen molar-refractivity contribution in [3.05, 3.63) is 35.9 Å². The quantitative estimate of drug-likeness (QED) is 0.784. The third-order valence-electron chi connectivity index (χ3n) is 3.73. The van der Waals surface area contributed by atoms with Gasteiger partial charge in [0.25, 0.3) is 0 Å². The Bertz CT molecular complexity index is 565. The molecule has 0 aliphatic carbocycles. The number of hydrogen-bond acceptors (Lipinski definition) is 3. The summed E-state index contributed by atoms with van der Waals surface area (Å²) in [6.45, 7) is 10.8. The molecule has 2 aromatic rings. The highest BCUT2D eigenvalue weighted by molar-refractivity contribution is 5.81. The Morgan fingerprint density at radius 3 is 2.62 bits per heavy atom. The maximum Gasteiger partial charge on any atom is 0.131 e. The van der Waals surface area contributed by atoms with Crippen molar-refractivity contribution in [1.29, 1.82) is 0 Å². The van der Waals surface area contributed by atoms with E-state index in [1.54, 1.807) is 0 Å². The van der Waals surface area contributed by atoms with E-state index < -0.39 is 0 Å². The Kier molecular flexibility index (Phi) is 6.00. The Hall–Kier alpha value is -1.61. The number of nitrogens with one attached hydrogen (secondary N) is 1. The molecular formula is C18H27N3. The van der Waals surface area contributed by atoms with Crippen molar-refractivity contribution < 1.29 is 0 Å². The van der Waals surface area contributed by atoms with Crippen molar-refractivity contribution in [1.82, 2.24) is 9.88 Å². The van der Waals surface area contributed by atoms with Gasteiger partial charge in [0.1, 0.15) is 5.82 Å². The van der Waals surface area contributed by atoms with Crippen LogP contribution in [0, 0.1) is 0 Å². The molecule has 0 fully saturated rings. The van der Waals surface area contributed by atoms with Crippen LogP contribution in [0.3, 0.4) is 0 Å². The Morgan fingerprint density at radius 1 is 1.10 bits per heavy atom. The number of anilines is 1. The Balaban J connectivity index is 2.32. The third-order valence-corrected chi connectivity index (χ3v) is 3.73. The molecule has 0 unspecified atom stereocenters. The minimum absolute atomic E-state index is 0.966. The molecule has 0 radical (unpaired) electrons. The van der Waals surface area contributed by atoms with Crippen LogP contribution in [0.15, 0.2) is 30.3 Å². The topological polar surface area (TPSA) is 28.2 Å². The van der Waals surface area contributed by atoms with E-state index in [9.17, 15) is 0 Å². The first-order valence-electron chi connectivity index (χ1n) is 8.13. The SMILES string of the molecule is CCCNc1nc2ccccc2cc1CN(CC)CCC. The summed E-state index contributed by atoms with van der Waals surface area (Å²) >= 11 is 0. The smallest absolute Gasteiger partial charge is 0.131 e. The van der Waals surface area contributed by atoms with Gasteiger partial charge >= 0.3 is 0 Å². The van der Waals surface area contributed by atoms with E-state index >= 15 is 0 Å². The van der Waals surface area contributed by atoms with Gasteiger partial charge in [0, 0.05) is 24.0 Å². The lowest BCUT2D eigenvalue weighted by Crippen LogP contribution is -2.24. The number of fused-ring (bicyclic) bond motifs is 1. The van der Waals surface area contributed by atoms with Crippen LogP contribution in [0.25, 0.3) is 10.9 Å². The fourth-order valence-electron chi connectivity index (χ4n) is 2.58. The number of para-hydroxylation sites is 1. The molecule has 114 valence electrons. The Labute approximate surface area is 128 Å². The third kappa shape index (κ3) is 4.18. The van der Waals surface area contributed by atoms with Gasteiger partial charge in [0.05, 0.1) is 5.52 Å². The summed E-state index contributed by atoms with van der Waals surface area (Å²) in [6, 6.07) is 10.6. The van der Waals surface area contributed by atoms with Crippen molar-refractivity contribution >= 4 is 16.7 Å². The van der Waals surface area contributed by atoms with Gasteiger partial charge in [-0.3, -0.25) is 4.90 Å². The Morgan fingerprint density at radius 2 is 1.90 bits per heavy atom. The molecule has 0 amide bonds. The molecule has 0 aliphatic rings. The summed E-state index contributed by atoms with van der Waals surface area (Å²) in [6.07, 6.45) is 2.30. The second-order valence-corrected chi connectivity index (χ2v) is 5.48. The van der Waals surface area contributed by atoms with Crippen molar-refractivity contribution in [2.45, 2.75) is 40.2 Å². The van der Waals surface area contributed by atoms with Crippen LogP contribution in [0.1, 0.15) is 39.2 Å². The highest BCUT2D eigenvalue weighted by Gasteiger charge is 2.10. The molecule has 3 nitrogen and oxygen atoms in total. The largest absolute Gasteiger partial charge is 0.370 e. The first kappa shape index (κ1) is 15.8. The van der Waals surface area contributed by atoms with Gasteiger partial charge in [0.15, 0.2) is 0 Å². The van der Waals surface area contributed by atoms with Gasteiger partial charge in [0.2, 0.25) is 0 Å². The molecule has 1 aromatic carbocycles. The maximum atomic E-state index is 4.82. The summed E-state index contributed by atoms with van der Waals surface area (Å²) in [4.78, 5) is 7.30. The van der Waals surface area contributed by atoms with Gasteiger partial charge in [-0.05, 0) is 38.1 Å². The molecule has 0 aliphatic heterocycles. The molecular weight excluding hydrogens is 258 g/mol. The van der Waals surface area contributed by atoms with E-state index in [2.05, 4.69) is 55.3 Å². The molecule has 3 heteroatoms. The molecule has 21 heavy (non-hydrogen) atoms. The number of aromatic nitrogens is 1. The second-order valence-electron chi connectivity index (χ2n) is 5.48. The minimum Gasteiger partial charge on any atom is -0.370 e. The van der Waals surface area contributed by atoms with Gasteiger partial charge in [-0.15, -0.1) is 0 Å². The van der Waals surface area contributed by atoms with E-state index in [0.717, 1.165) is 43.9 Å². The van der Waals surface area contributed by atoms with Gasteiger partial charge < -0.3 is 5.32 Å². The fraction of sp³-hybridized carbons (Fsp3) is 0.500. The summed E-state index contributed by atoms with van der Waals surface area (Å²) in [7, 11) is 0. The first-order valence-corrected chi connectivity index (χ1v) is 8.13. The molecule has 1 aromatic heterocycles. The van der Waals surface area contributed by atoms with Crippen LogP contribution < -0.4 is 5.32 Å². The first-order chi connectivity index (χ1) is 10.3. The molecule has 0 atom stereocenters. The van der Waals surface area contributed by atoms with E-state index in [0.29, 0.717) is 0 Å². The number of nitrogens with zero attached hydrogens (tertiary/aromatic N) is 2. The predicted molar refractivity (Wildman–Crippen MR) is 91.8 cm³/mol. The van der Waals surface area contributed by atoms with Crippen LogP contribution in [-0.4, -0.2) is 29.5 Å². The van der Waals surface area contributed by atoms with Crippen LogP contribution in [0.2, 0.25) is 0 Å². The van der Waals surface area contributed by atoms with E-state index in [-0.39, 0.29) is 0 Å². The average molecular weight is 285 g/mol. The van der Waals surface area contributed by atoms with E-state index in [1.807, 2.05) is 6.07 Å². The molecule has 0 saturated heterocycles. The molecule has 1 N–H and O–H groups in total. The fourth-order valence-corrected chi connectivity index (χ4v) is 2.58. The van der Waals surface area contributed by atoms with Crippen LogP contribution in [-0.2, 0) is 6.54 Å². The zero-order chi connectivity index (χ0) is 15.1. The van der Waals surface area contributed by atoms with Crippen molar-refractivity contribution in [3.8, 4) is 0 Å². The lowest BCUT2D eigenvalue weighted by atomic mass is 10.1. The second kappa shape index (κ2) is 7.99. The van der Waals surface area contributed by atoms with E-state index in [1.165, 1.54) is 17.4 Å². The highest BCUT2D eigenvalue weighted by Crippen LogP contribution is 2.22. The highest BCUT2D eigenvalue weighted by atomic mass is 15.1. The number of pyridine rings is 1. The zero-order valence-electron chi connectivity index (χ0n) is 13.5. The van der Waals surface area contributed by atoms with E-state index in [4.69, 9.17) is 4.98 Å². The predicted octanol–water partition coefficient (Wildman–Crippen LogP) is 4.29. The van der Waals surface area contributed by atoms with Crippen molar-refractivity contribution in [2.24, 2.45) is 0 Å². The zero-order valence-corrected chi connectivity index (χ0v) is 13.5. The lowest BCUT2D eigenvalue weighted by Gasteiger charge is -2.21. The van der Waals surface area contributed by atoms with Crippen LogP contribution in [0.4, 0.5) is 5.82 Å². The monoisotopic (exact) mass is 285 g/mol. The summed E-state index contributed by atoms with van der Waals surface area (Å²) in [5, 5.41) is 4.71. The van der Waals surface area contributed by atoms with Gasteiger partial charge in [-0.2, -0.15) is 0 Å². The minimum atomic E-state index is 0.966. The standard InChI is InChI=1S/C18H27N3/c1-4-11-19-18-16(14-21(6-3)12-5-2)13-15-9-7-8-10-17(15)20-18/h7-10,13H,4-6,11-12,14H2,1-3H3,(H,19,20). The average Bonchev–Trinajstić information content (AvgIpc) is 2.52. The number of benzene rings is 1. The molecule has 0 bridgehead atoms. The number of hydrogen-bond donors (Lipinski definition) is 1. The molecule has 2 rings (SSSR count). The maximum absolute atomic E-state index is 4.82. The van der Waals surface area contributed by atoms with Crippen molar-refractivity contribution in [2.75, 3.05) is 25.0 Å². The molecule has 0 saturated carbocycles. The summed E-state index contributed by atoms with van der Waals surface area (Å²) in [5.41, 5.74) is 2.37.